The fourth-order valence-electron chi connectivity index (χ4n) is 1.67. The lowest BCUT2D eigenvalue weighted by Gasteiger charge is -2.08. The summed E-state index contributed by atoms with van der Waals surface area (Å²) in [5.41, 5.74) is 3.15. The van der Waals surface area contributed by atoms with Gasteiger partial charge in [-0.3, -0.25) is 4.79 Å². The Morgan fingerprint density at radius 1 is 1.35 bits per heavy atom. The van der Waals surface area contributed by atoms with Gasteiger partial charge in [0.05, 0.1) is 6.42 Å². The predicted molar refractivity (Wildman–Crippen MR) is 66.2 cm³/mol. The van der Waals surface area contributed by atoms with Gasteiger partial charge in [0, 0.05) is 27.9 Å². The van der Waals surface area contributed by atoms with Crippen molar-refractivity contribution in [2.45, 2.75) is 20.3 Å². The normalized spacial score (nSPS) is 10.5. The van der Waals surface area contributed by atoms with E-state index in [9.17, 15) is 4.79 Å². The van der Waals surface area contributed by atoms with Crippen LogP contribution < -0.4 is 0 Å². The van der Waals surface area contributed by atoms with E-state index in [1.165, 1.54) is 0 Å². The van der Waals surface area contributed by atoms with Crippen LogP contribution in [0.1, 0.15) is 17.0 Å². The number of carboxylic acid groups (broad SMARTS) is 1. The zero-order chi connectivity index (χ0) is 12.4. The minimum Gasteiger partial charge on any atom is -0.481 e. The number of hydrogen-bond acceptors (Lipinski definition) is 4. The molecule has 0 radical (unpaired) electrons. The number of thiophene rings is 1. The highest BCUT2D eigenvalue weighted by atomic mass is 32.1. The van der Waals surface area contributed by atoms with Gasteiger partial charge in [0.25, 0.3) is 0 Å². The molecule has 5 heteroatoms. The van der Waals surface area contributed by atoms with Crippen LogP contribution in [-0.4, -0.2) is 21.0 Å². The van der Waals surface area contributed by atoms with Gasteiger partial charge in [0.15, 0.2) is 5.82 Å². The van der Waals surface area contributed by atoms with Crippen LogP contribution in [0.15, 0.2) is 16.8 Å². The van der Waals surface area contributed by atoms with Crippen LogP contribution in [0.5, 0.6) is 0 Å². The Bertz CT molecular complexity index is 527. The molecule has 0 aliphatic carbocycles. The van der Waals surface area contributed by atoms with Crippen molar-refractivity contribution in [3.8, 4) is 11.4 Å². The number of nitrogens with zero attached hydrogens (tertiary/aromatic N) is 2. The molecule has 1 N–H and O–H groups in total. The smallest absolute Gasteiger partial charge is 0.307 e. The quantitative estimate of drug-likeness (QED) is 0.906. The van der Waals surface area contributed by atoms with Crippen LogP contribution in [-0.2, 0) is 11.2 Å². The number of rotatable bonds is 3. The molecule has 0 amide bonds. The van der Waals surface area contributed by atoms with Gasteiger partial charge >= 0.3 is 5.97 Å². The van der Waals surface area contributed by atoms with Crippen molar-refractivity contribution >= 4 is 17.3 Å². The maximum absolute atomic E-state index is 10.7. The second-order valence-electron chi connectivity index (χ2n) is 3.78. The predicted octanol–water partition coefficient (Wildman–Crippen LogP) is 2.45. The average Bonchev–Trinajstić information content (AvgIpc) is 2.76. The van der Waals surface area contributed by atoms with E-state index < -0.39 is 5.97 Å². The summed E-state index contributed by atoms with van der Waals surface area (Å²) in [6.45, 7) is 3.64. The average molecular weight is 248 g/mol. The van der Waals surface area contributed by atoms with Gasteiger partial charge in [0.1, 0.15) is 0 Å². The van der Waals surface area contributed by atoms with E-state index >= 15 is 0 Å². The van der Waals surface area contributed by atoms with Crippen molar-refractivity contribution in [3.05, 3.63) is 33.8 Å². The number of hydrogen-bond donors (Lipinski definition) is 1. The standard InChI is InChI=1S/C12H12N2O2S/c1-7-10(5-11(15)16)8(2)14-12(13-7)9-3-4-17-6-9/h3-4,6H,5H2,1-2H3,(H,15,16). The van der Waals surface area contributed by atoms with Gasteiger partial charge < -0.3 is 5.11 Å². The fourth-order valence-corrected chi connectivity index (χ4v) is 2.30. The molecule has 0 aromatic carbocycles. The SMILES string of the molecule is Cc1nc(-c2ccsc2)nc(C)c1CC(=O)O. The second kappa shape index (κ2) is 4.63. The molecule has 4 nitrogen and oxygen atoms in total. The molecule has 0 unspecified atom stereocenters. The van der Waals surface area contributed by atoms with Gasteiger partial charge in [0.2, 0.25) is 0 Å². The Hall–Kier alpha value is -1.75. The van der Waals surface area contributed by atoms with Gasteiger partial charge in [-0.2, -0.15) is 11.3 Å². The summed E-state index contributed by atoms with van der Waals surface area (Å²) in [6, 6.07) is 1.95. The van der Waals surface area contributed by atoms with E-state index in [2.05, 4.69) is 9.97 Å². The van der Waals surface area contributed by atoms with Crippen molar-refractivity contribution in [1.29, 1.82) is 0 Å². The molecule has 0 aliphatic heterocycles. The third-order valence-corrected chi connectivity index (χ3v) is 3.21. The molecule has 0 atom stereocenters. The first-order chi connectivity index (χ1) is 8.08. The zero-order valence-electron chi connectivity index (χ0n) is 9.60. The molecule has 0 spiro atoms. The van der Waals surface area contributed by atoms with E-state index in [-0.39, 0.29) is 6.42 Å². The van der Waals surface area contributed by atoms with Crippen LogP contribution in [0.4, 0.5) is 0 Å². The lowest BCUT2D eigenvalue weighted by atomic mass is 10.1. The third-order valence-electron chi connectivity index (χ3n) is 2.53. The summed E-state index contributed by atoms with van der Waals surface area (Å²) < 4.78 is 0. The van der Waals surface area contributed by atoms with Gasteiger partial charge in [-0.15, -0.1) is 0 Å². The summed E-state index contributed by atoms with van der Waals surface area (Å²) in [5, 5.41) is 12.8. The first-order valence-corrected chi connectivity index (χ1v) is 6.10. The van der Waals surface area contributed by atoms with Crippen LogP contribution in [0, 0.1) is 13.8 Å². The van der Waals surface area contributed by atoms with E-state index in [1.807, 2.05) is 30.7 Å². The highest BCUT2D eigenvalue weighted by molar-refractivity contribution is 7.08. The summed E-state index contributed by atoms with van der Waals surface area (Å²) >= 11 is 1.59. The molecule has 2 rings (SSSR count). The topological polar surface area (TPSA) is 63.1 Å². The van der Waals surface area contributed by atoms with Crippen LogP contribution in [0.2, 0.25) is 0 Å². The Balaban J connectivity index is 2.45. The number of aromatic nitrogens is 2. The highest BCUT2D eigenvalue weighted by Crippen LogP contribution is 2.21. The van der Waals surface area contributed by atoms with Crippen LogP contribution >= 0.6 is 11.3 Å². The molecular weight excluding hydrogens is 236 g/mol. The summed E-state index contributed by atoms with van der Waals surface area (Å²) in [5.74, 6) is -0.196. The van der Waals surface area contributed by atoms with Crippen molar-refractivity contribution in [2.75, 3.05) is 0 Å². The van der Waals surface area contributed by atoms with E-state index in [0.29, 0.717) is 11.4 Å². The first-order valence-electron chi connectivity index (χ1n) is 5.16. The minimum absolute atomic E-state index is 0.0262. The van der Waals surface area contributed by atoms with Gasteiger partial charge in [-0.05, 0) is 25.3 Å². The first kappa shape index (κ1) is 11.7. The molecule has 17 heavy (non-hydrogen) atoms. The summed E-state index contributed by atoms with van der Waals surface area (Å²) in [7, 11) is 0. The maximum atomic E-state index is 10.7. The molecule has 2 heterocycles. The Morgan fingerprint density at radius 3 is 2.47 bits per heavy atom. The largest absolute Gasteiger partial charge is 0.481 e. The molecular formula is C12H12N2O2S. The molecule has 0 aliphatic rings. The van der Waals surface area contributed by atoms with Crippen LogP contribution in [0.25, 0.3) is 11.4 Å². The monoisotopic (exact) mass is 248 g/mol. The summed E-state index contributed by atoms with van der Waals surface area (Å²) in [4.78, 5) is 19.5. The fraction of sp³-hybridized carbons (Fsp3) is 0.250. The van der Waals surface area contributed by atoms with Gasteiger partial charge in [-0.1, -0.05) is 0 Å². The lowest BCUT2D eigenvalue weighted by Crippen LogP contribution is -2.08. The Labute approximate surface area is 103 Å². The number of aliphatic carboxylic acids is 1. The Kier molecular flexibility index (Phi) is 3.19. The minimum atomic E-state index is -0.858. The van der Waals surface area contributed by atoms with Crippen molar-refractivity contribution < 1.29 is 9.90 Å². The molecule has 2 aromatic rings. The number of carboxylic acids is 1. The number of carbonyl (C=O) groups is 1. The van der Waals surface area contributed by atoms with Crippen molar-refractivity contribution in [2.24, 2.45) is 0 Å². The van der Waals surface area contributed by atoms with E-state index in [1.54, 1.807) is 11.3 Å². The molecule has 0 fully saturated rings. The molecule has 88 valence electrons. The van der Waals surface area contributed by atoms with Crippen LogP contribution in [0.3, 0.4) is 0 Å². The second-order valence-corrected chi connectivity index (χ2v) is 4.56. The third kappa shape index (κ3) is 2.50. The summed E-state index contributed by atoms with van der Waals surface area (Å²) in [6.07, 6.45) is -0.0262. The molecule has 2 aromatic heterocycles. The highest BCUT2D eigenvalue weighted by Gasteiger charge is 2.12. The number of aryl methyl sites for hydroxylation is 2. The molecule has 0 bridgehead atoms. The molecule has 0 saturated carbocycles. The molecule has 0 saturated heterocycles. The van der Waals surface area contributed by atoms with Crippen molar-refractivity contribution in [3.63, 3.8) is 0 Å². The zero-order valence-corrected chi connectivity index (χ0v) is 10.4. The van der Waals surface area contributed by atoms with E-state index in [4.69, 9.17) is 5.11 Å². The van der Waals surface area contributed by atoms with Gasteiger partial charge in [-0.25, -0.2) is 9.97 Å². The van der Waals surface area contributed by atoms with E-state index in [0.717, 1.165) is 17.0 Å². The Morgan fingerprint density at radius 2 is 2.00 bits per heavy atom. The maximum Gasteiger partial charge on any atom is 0.307 e. The lowest BCUT2D eigenvalue weighted by molar-refractivity contribution is -0.136. The van der Waals surface area contributed by atoms with Crippen molar-refractivity contribution in [1.82, 2.24) is 9.97 Å².